The molecular weight excluding hydrogens is 426 g/mol. The summed E-state index contributed by atoms with van der Waals surface area (Å²) < 4.78 is 37.9. The Morgan fingerprint density at radius 2 is 2.10 bits per heavy atom. The average Bonchev–Trinajstić information content (AvgIpc) is 3.23. The number of sulfonamides is 1. The van der Waals surface area contributed by atoms with Crippen LogP contribution in [-0.4, -0.2) is 89.4 Å². The highest BCUT2D eigenvalue weighted by Crippen LogP contribution is 2.33. The van der Waals surface area contributed by atoms with Crippen molar-refractivity contribution in [1.82, 2.24) is 14.9 Å². The molecule has 1 unspecified atom stereocenters. The van der Waals surface area contributed by atoms with Crippen molar-refractivity contribution in [3.8, 4) is 0 Å². The van der Waals surface area contributed by atoms with Gasteiger partial charge in [0.15, 0.2) is 0 Å². The summed E-state index contributed by atoms with van der Waals surface area (Å²) in [5.41, 5.74) is 1.06. The third-order valence-electron chi connectivity index (χ3n) is 5.70. The average molecular weight is 458 g/mol. The number of nitrogens with one attached hydrogen (secondary N) is 2. The van der Waals surface area contributed by atoms with Gasteiger partial charge in [0.1, 0.15) is 0 Å². The van der Waals surface area contributed by atoms with Crippen molar-refractivity contribution in [3.05, 3.63) is 29.3 Å². The molecule has 1 amide bonds. The van der Waals surface area contributed by atoms with E-state index in [1.807, 2.05) is 18.7 Å². The van der Waals surface area contributed by atoms with Gasteiger partial charge in [-0.25, -0.2) is 13.1 Å². The lowest BCUT2D eigenvalue weighted by atomic mass is 9.95. The summed E-state index contributed by atoms with van der Waals surface area (Å²) in [6.07, 6.45) is 1.02. The van der Waals surface area contributed by atoms with Crippen LogP contribution in [-0.2, 0) is 19.5 Å². The van der Waals surface area contributed by atoms with E-state index in [1.54, 1.807) is 6.07 Å². The van der Waals surface area contributed by atoms with Gasteiger partial charge in [-0.15, -0.1) is 0 Å². The summed E-state index contributed by atoms with van der Waals surface area (Å²) in [6.45, 7) is 5.99. The largest absolute Gasteiger partial charge is 0.383 e. The minimum Gasteiger partial charge on any atom is -0.383 e. The molecule has 1 atom stereocenters. The highest BCUT2D eigenvalue weighted by Gasteiger charge is 2.41. The summed E-state index contributed by atoms with van der Waals surface area (Å²) in [4.78, 5) is 15.5. The van der Waals surface area contributed by atoms with Crippen molar-refractivity contribution in [2.24, 2.45) is 0 Å². The highest BCUT2D eigenvalue weighted by molar-refractivity contribution is 7.99. The van der Waals surface area contributed by atoms with Crippen molar-refractivity contribution in [1.29, 1.82) is 0 Å². The summed E-state index contributed by atoms with van der Waals surface area (Å²) in [5.74, 6) is 1.81. The minimum atomic E-state index is -3.70. The molecule has 2 saturated heterocycles. The Morgan fingerprint density at radius 1 is 1.33 bits per heavy atom. The molecule has 0 radical (unpaired) electrons. The molecule has 0 spiro atoms. The molecule has 0 saturated carbocycles. The number of aryl methyl sites for hydroxylation is 1. The first kappa shape index (κ1) is 23.5. The molecule has 2 aliphatic heterocycles. The van der Waals surface area contributed by atoms with Crippen molar-refractivity contribution in [2.75, 3.05) is 64.6 Å². The molecule has 2 heterocycles. The number of thioether (sulfide) groups is 1. The van der Waals surface area contributed by atoms with Gasteiger partial charge in [-0.05, 0) is 36.8 Å². The van der Waals surface area contributed by atoms with Crippen molar-refractivity contribution in [2.45, 2.75) is 23.8 Å². The van der Waals surface area contributed by atoms with E-state index < -0.39 is 10.0 Å². The molecular formula is C20H31N3O5S2. The fraction of sp³-hybridized carbons (Fsp3) is 0.650. The Balaban J connectivity index is 1.71. The number of hydrogen-bond donors (Lipinski definition) is 2. The fourth-order valence-electron chi connectivity index (χ4n) is 3.85. The maximum Gasteiger partial charge on any atom is 0.251 e. The highest BCUT2D eigenvalue weighted by atomic mass is 32.2. The van der Waals surface area contributed by atoms with Crippen LogP contribution >= 0.6 is 11.8 Å². The second kappa shape index (κ2) is 10.4. The summed E-state index contributed by atoms with van der Waals surface area (Å²) in [5, 5.41) is 3.08. The lowest BCUT2D eigenvalue weighted by Gasteiger charge is -2.43. The van der Waals surface area contributed by atoms with Crippen LogP contribution in [0.25, 0.3) is 0 Å². The molecule has 1 aromatic carbocycles. The van der Waals surface area contributed by atoms with Gasteiger partial charge in [-0.2, -0.15) is 11.8 Å². The second-order valence-corrected chi connectivity index (χ2v) is 10.5. The first-order valence-corrected chi connectivity index (χ1v) is 12.8. The van der Waals surface area contributed by atoms with Gasteiger partial charge >= 0.3 is 0 Å². The van der Waals surface area contributed by atoms with Crippen molar-refractivity contribution >= 4 is 27.7 Å². The van der Waals surface area contributed by atoms with E-state index in [2.05, 4.69) is 14.9 Å². The lowest BCUT2D eigenvalue weighted by molar-refractivity contribution is -0.0129. The van der Waals surface area contributed by atoms with Crippen LogP contribution in [0.5, 0.6) is 0 Å². The van der Waals surface area contributed by atoms with Gasteiger partial charge in [-0.1, -0.05) is 6.07 Å². The summed E-state index contributed by atoms with van der Waals surface area (Å²) >= 11 is 1.91. The smallest absolute Gasteiger partial charge is 0.251 e. The fourth-order valence-corrected chi connectivity index (χ4v) is 6.37. The standard InChI is InChI=1S/C20H31N3O5S2/c1-16-3-4-17(30(25,26)22-6-9-27-2)13-18(16)19(24)21-14-20(5-12-29-15-20)23-7-10-28-11-8-23/h3-4,13,22H,5-12,14-15H2,1-2H3,(H,21,24). The van der Waals surface area contributed by atoms with E-state index in [4.69, 9.17) is 9.47 Å². The Morgan fingerprint density at radius 3 is 2.77 bits per heavy atom. The maximum absolute atomic E-state index is 13.0. The predicted octanol–water partition coefficient (Wildman–Crippen LogP) is 0.857. The van der Waals surface area contributed by atoms with Crippen LogP contribution in [0.3, 0.4) is 0 Å². The Kier molecular flexibility index (Phi) is 8.17. The third kappa shape index (κ3) is 5.54. The topological polar surface area (TPSA) is 97.0 Å². The monoisotopic (exact) mass is 457 g/mol. The van der Waals surface area contributed by atoms with E-state index >= 15 is 0 Å². The molecule has 168 valence electrons. The third-order valence-corrected chi connectivity index (χ3v) is 8.40. The van der Waals surface area contributed by atoms with Crippen LogP contribution in [0.2, 0.25) is 0 Å². The molecule has 8 nitrogen and oxygen atoms in total. The van der Waals surface area contributed by atoms with Crippen molar-refractivity contribution < 1.29 is 22.7 Å². The molecule has 3 rings (SSSR count). The Labute approximate surface area is 183 Å². The van der Waals surface area contributed by atoms with Crippen LogP contribution in [0.1, 0.15) is 22.3 Å². The molecule has 0 aromatic heterocycles. The number of carbonyl (C=O) groups excluding carboxylic acids is 1. The zero-order valence-corrected chi connectivity index (χ0v) is 19.2. The first-order valence-electron chi connectivity index (χ1n) is 10.2. The number of rotatable bonds is 9. The molecule has 2 N–H and O–H groups in total. The lowest BCUT2D eigenvalue weighted by Crippen LogP contribution is -2.59. The number of benzene rings is 1. The molecule has 2 fully saturated rings. The summed E-state index contributed by atoms with van der Waals surface area (Å²) in [7, 11) is -2.19. The number of nitrogens with zero attached hydrogens (tertiary/aromatic N) is 1. The summed E-state index contributed by atoms with van der Waals surface area (Å²) in [6, 6.07) is 4.64. The minimum absolute atomic E-state index is 0.0661. The Bertz CT molecular complexity index is 835. The molecule has 1 aromatic rings. The van der Waals surface area contributed by atoms with Gasteiger partial charge in [0, 0.05) is 50.1 Å². The maximum atomic E-state index is 13.0. The van der Waals surface area contributed by atoms with E-state index in [-0.39, 0.29) is 29.5 Å². The van der Waals surface area contributed by atoms with Gasteiger partial charge in [0.25, 0.3) is 5.91 Å². The normalized spacial score (nSPS) is 22.9. The molecule has 2 aliphatic rings. The van der Waals surface area contributed by atoms with E-state index in [9.17, 15) is 13.2 Å². The van der Waals surface area contributed by atoms with E-state index in [1.165, 1.54) is 19.2 Å². The van der Waals surface area contributed by atoms with Crippen LogP contribution in [0.4, 0.5) is 0 Å². The quantitative estimate of drug-likeness (QED) is 0.531. The number of morpholine rings is 1. The number of ether oxygens (including phenoxy) is 2. The predicted molar refractivity (Wildman–Crippen MR) is 118 cm³/mol. The number of methoxy groups -OCH3 is 1. The SMILES string of the molecule is COCCNS(=O)(=O)c1ccc(C)c(C(=O)NCC2(N3CCOCC3)CCSC2)c1. The van der Waals surface area contributed by atoms with Crippen LogP contribution in [0, 0.1) is 6.92 Å². The zero-order valence-electron chi connectivity index (χ0n) is 17.6. The van der Waals surface area contributed by atoms with E-state index in [0.29, 0.717) is 12.1 Å². The Hall–Kier alpha value is -1.17. The van der Waals surface area contributed by atoms with Gasteiger partial charge in [0.05, 0.1) is 24.7 Å². The van der Waals surface area contributed by atoms with Gasteiger partial charge < -0.3 is 14.8 Å². The van der Waals surface area contributed by atoms with Gasteiger partial charge in [-0.3, -0.25) is 9.69 Å². The number of amides is 1. The van der Waals surface area contributed by atoms with Crippen LogP contribution < -0.4 is 10.0 Å². The van der Waals surface area contributed by atoms with E-state index in [0.717, 1.165) is 49.8 Å². The van der Waals surface area contributed by atoms with Crippen LogP contribution in [0.15, 0.2) is 23.1 Å². The molecule has 0 bridgehead atoms. The first-order chi connectivity index (χ1) is 14.4. The zero-order chi connectivity index (χ0) is 21.6. The van der Waals surface area contributed by atoms with Gasteiger partial charge in [0.2, 0.25) is 10.0 Å². The number of carbonyl (C=O) groups is 1. The van der Waals surface area contributed by atoms with Crippen molar-refractivity contribution in [3.63, 3.8) is 0 Å². The molecule has 0 aliphatic carbocycles. The molecule has 30 heavy (non-hydrogen) atoms. The number of hydrogen-bond acceptors (Lipinski definition) is 7. The second-order valence-electron chi connectivity index (χ2n) is 7.68. The molecule has 10 heteroatoms.